The van der Waals surface area contributed by atoms with E-state index < -0.39 is 6.04 Å². The fourth-order valence-electron chi connectivity index (χ4n) is 1.70. The minimum absolute atomic E-state index is 0.149. The molecule has 1 rings (SSSR count). The van der Waals surface area contributed by atoms with Gasteiger partial charge in [-0.1, -0.05) is 15.9 Å². The molecule has 6 heteroatoms. The second-order valence-electron chi connectivity index (χ2n) is 4.15. The van der Waals surface area contributed by atoms with Crippen LogP contribution in [-0.4, -0.2) is 37.1 Å². The Hall–Kier alpha value is -0.980. The summed E-state index contributed by atoms with van der Waals surface area (Å²) in [7, 11) is 1.48. The van der Waals surface area contributed by atoms with Crippen molar-refractivity contribution in [3.05, 3.63) is 34.1 Å². The topological polar surface area (TPSA) is 55.6 Å². The van der Waals surface area contributed by atoms with Gasteiger partial charge in [0.1, 0.15) is 11.9 Å². The highest BCUT2D eigenvalue weighted by Gasteiger charge is 2.20. The molecule has 0 aliphatic rings. The number of nitrogens with zero attached hydrogens (tertiary/aromatic N) is 1. The number of halogens is 2. The number of carbonyl (C=O) groups excluding carboxylic acids is 1. The van der Waals surface area contributed by atoms with Gasteiger partial charge in [0.15, 0.2) is 0 Å². The number of ether oxygens (including phenoxy) is 1. The molecule has 1 amide bonds. The number of benzene rings is 1. The normalized spacial score (nSPS) is 12.3. The fraction of sp³-hybridized carbons (Fsp3) is 0.462. The van der Waals surface area contributed by atoms with Crippen molar-refractivity contribution >= 4 is 21.8 Å². The van der Waals surface area contributed by atoms with Crippen molar-refractivity contribution in [2.75, 3.05) is 20.3 Å². The monoisotopic (exact) mass is 332 g/mol. The summed E-state index contributed by atoms with van der Waals surface area (Å²) in [4.78, 5) is 13.6. The van der Waals surface area contributed by atoms with Crippen LogP contribution in [0.5, 0.6) is 0 Å². The average molecular weight is 333 g/mol. The molecule has 106 valence electrons. The lowest BCUT2D eigenvalue weighted by atomic mass is 10.2. The Morgan fingerprint density at radius 1 is 1.58 bits per heavy atom. The maximum atomic E-state index is 13.7. The highest BCUT2D eigenvalue weighted by Crippen LogP contribution is 2.17. The van der Waals surface area contributed by atoms with Crippen molar-refractivity contribution in [1.29, 1.82) is 0 Å². The van der Waals surface area contributed by atoms with Crippen molar-refractivity contribution in [2.45, 2.75) is 19.5 Å². The summed E-state index contributed by atoms with van der Waals surface area (Å²) in [6.45, 7) is 2.63. The second kappa shape index (κ2) is 7.57. The van der Waals surface area contributed by atoms with Crippen molar-refractivity contribution in [1.82, 2.24) is 4.90 Å². The number of amides is 1. The van der Waals surface area contributed by atoms with E-state index in [9.17, 15) is 9.18 Å². The smallest absolute Gasteiger partial charge is 0.242 e. The Bertz CT molecular complexity index is 443. The molecule has 0 saturated carbocycles. The maximum Gasteiger partial charge on any atom is 0.242 e. The average Bonchev–Trinajstić information content (AvgIpc) is 2.39. The Kier molecular flexibility index (Phi) is 6.41. The van der Waals surface area contributed by atoms with Crippen LogP contribution in [0.1, 0.15) is 12.5 Å². The first-order chi connectivity index (χ1) is 8.99. The molecule has 0 radical (unpaired) electrons. The number of rotatable bonds is 6. The van der Waals surface area contributed by atoms with E-state index in [-0.39, 0.29) is 24.9 Å². The van der Waals surface area contributed by atoms with Gasteiger partial charge in [0.05, 0.1) is 6.61 Å². The molecular weight excluding hydrogens is 315 g/mol. The van der Waals surface area contributed by atoms with E-state index >= 15 is 0 Å². The lowest BCUT2D eigenvalue weighted by molar-refractivity contribution is -0.134. The number of hydrogen-bond acceptors (Lipinski definition) is 3. The molecule has 2 N–H and O–H groups in total. The van der Waals surface area contributed by atoms with E-state index in [2.05, 4.69) is 15.9 Å². The third-order valence-corrected chi connectivity index (χ3v) is 3.22. The molecule has 0 aliphatic carbocycles. The molecule has 0 spiro atoms. The highest BCUT2D eigenvalue weighted by molar-refractivity contribution is 9.10. The summed E-state index contributed by atoms with van der Waals surface area (Å²) >= 11 is 3.28. The summed E-state index contributed by atoms with van der Waals surface area (Å²) < 4.78 is 19.3. The van der Waals surface area contributed by atoms with E-state index in [1.165, 1.54) is 18.1 Å². The molecule has 0 fully saturated rings. The number of nitrogens with two attached hydrogens (primary N) is 1. The maximum absolute atomic E-state index is 13.7. The van der Waals surface area contributed by atoms with Crippen LogP contribution in [0.15, 0.2) is 22.7 Å². The SMILES string of the molecule is CCN(Cc1cc(Br)ccc1F)C(=O)C(N)COC. The molecule has 0 aromatic heterocycles. The number of likely N-dealkylation sites (N-methyl/N-ethyl adjacent to an activating group) is 1. The molecule has 1 atom stereocenters. The lowest BCUT2D eigenvalue weighted by Gasteiger charge is -2.24. The predicted octanol–water partition coefficient (Wildman–Crippen LogP) is 1.91. The zero-order valence-electron chi connectivity index (χ0n) is 11.0. The van der Waals surface area contributed by atoms with E-state index in [4.69, 9.17) is 10.5 Å². The van der Waals surface area contributed by atoms with Gasteiger partial charge in [-0.15, -0.1) is 0 Å². The Morgan fingerprint density at radius 2 is 2.26 bits per heavy atom. The van der Waals surface area contributed by atoms with Crippen molar-refractivity contribution in [2.24, 2.45) is 5.73 Å². The first-order valence-corrected chi connectivity index (χ1v) is 6.76. The van der Waals surface area contributed by atoms with Crippen LogP contribution in [0.2, 0.25) is 0 Å². The minimum atomic E-state index is -0.722. The summed E-state index contributed by atoms with van der Waals surface area (Å²) in [5, 5.41) is 0. The number of methoxy groups -OCH3 is 1. The van der Waals surface area contributed by atoms with Crippen molar-refractivity contribution < 1.29 is 13.9 Å². The van der Waals surface area contributed by atoms with Gasteiger partial charge in [0.2, 0.25) is 5.91 Å². The first kappa shape index (κ1) is 16.1. The molecule has 1 aromatic carbocycles. The van der Waals surface area contributed by atoms with Crippen LogP contribution in [0.25, 0.3) is 0 Å². The Morgan fingerprint density at radius 3 is 2.84 bits per heavy atom. The van der Waals surface area contributed by atoms with Crippen LogP contribution in [0.3, 0.4) is 0 Å². The van der Waals surface area contributed by atoms with Gasteiger partial charge < -0.3 is 15.4 Å². The van der Waals surface area contributed by atoms with Crippen LogP contribution >= 0.6 is 15.9 Å². The molecule has 0 saturated heterocycles. The summed E-state index contributed by atoms with van der Waals surface area (Å²) in [6.07, 6.45) is 0. The predicted molar refractivity (Wildman–Crippen MR) is 75.0 cm³/mol. The van der Waals surface area contributed by atoms with E-state index in [1.54, 1.807) is 12.1 Å². The molecule has 0 heterocycles. The molecule has 19 heavy (non-hydrogen) atoms. The third kappa shape index (κ3) is 4.56. The van der Waals surface area contributed by atoms with Crippen LogP contribution in [0.4, 0.5) is 4.39 Å². The summed E-state index contributed by atoms with van der Waals surface area (Å²) in [5.74, 6) is -0.585. The minimum Gasteiger partial charge on any atom is -0.383 e. The Labute approximate surface area is 120 Å². The van der Waals surface area contributed by atoms with Gasteiger partial charge in [-0.25, -0.2) is 4.39 Å². The number of hydrogen-bond donors (Lipinski definition) is 1. The molecular formula is C13H18BrFN2O2. The summed E-state index contributed by atoms with van der Waals surface area (Å²) in [5.41, 5.74) is 6.16. The molecule has 0 bridgehead atoms. The van der Waals surface area contributed by atoms with Crippen LogP contribution in [0, 0.1) is 5.82 Å². The van der Waals surface area contributed by atoms with Gasteiger partial charge >= 0.3 is 0 Å². The van der Waals surface area contributed by atoms with Gasteiger partial charge in [-0.3, -0.25) is 4.79 Å². The van der Waals surface area contributed by atoms with Crippen molar-refractivity contribution in [3.8, 4) is 0 Å². The largest absolute Gasteiger partial charge is 0.383 e. The van der Waals surface area contributed by atoms with Gasteiger partial charge in [0.25, 0.3) is 0 Å². The van der Waals surface area contributed by atoms with E-state index in [1.807, 2.05) is 6.92 Å². The van der Waals surface area contributed by atoms with Crippen LogP contribution in [-0.2, 0) is 16.1 Å². The molecule has 0 aliphatic heterocycles. The van der Waals surface area contributed by atoms with E-state index in [0.717, 1.165) is 4.47 Å². The quantitative estimate of drug-likeness (QED) is 0.865. The van der Waals surface area contributed by atoms with Crippen LogP contribution < -0.4 is 5.73 Å². The Balaban J connectivity index is 2.81. The highest BCUT2D eigenvalue weighted by atomic mass is 79.9. The zero-order chi connectivity index (χ0) is 14.4. The van der Waals surface area contributed by atoms with E-state index in [0.29, 0.717) is 12.1 Å². The fourth-order valence-corrected chi connectivity index (χ4v) is 2.11. The molecule has 4 nitrogen and oxygen atoms in total. The first-order valence-electron chi connectivity index (χ1n) is 5.96. The summed E-state index contributed by atoms with van der Waals surface area (Å²) in [6, 6.07) is 3.92. The van der Waals surface area contributed by atoms with Gasteiger partial charge in [0, 0.05) is 30.2 Å². The molecule has 1 unspecified atom stereocenters. The standard InChI is InChI=1S/C13H18BrFN2O2/c1-3-17(13(18)12(16)8-19-2)7-9-6-10(14)4-5-11(9)15/h4-6,12H,3,7-8,16H2,1-2H3. The molecule has 1 aromatic rings. The van der Waals surface area contributed by atoms with Gasteiger partial charge in [-0.2, -0.15) is 0 Å². The third-order valence-electron chi connectivity index (χ3n) is 2.73. The number of carbonyl (C=O) groups is 1. The lowest BCUT2D eigenvalue weighted by Crippen LogP contribution is -2.45. The van der Waals surface area contributed by atoms with Crippen molar-refractivity contribution in [3.63, 3.8) is 0 Å². The van der Waals surface area contributed by atoms with Gasteiger partial charge in [-0.05, 0) is 25.1 Å². The zero-order valence-corrected chi connectivity index (χ0v) is 12.6. The second-order valence-corrected chi connectivity index (χ2v) is 5.07.